The van der Waals surface area contributed by atoms with Crippen molar-refractivity contribution in [3.8, 4) is 0 Å². The van der Waals surface area contributed by atoms with Gasteiger partial charge >= 0.3 is 0 Å². The number of carbonyl (C=O) groups excluding carboxylic acids is 1. The van der Waals surface area contributed by atoms with Crippen molar-refractivity contribution >= 4 is 22.9 Å². The molecule has 0 aliphatic carbocycles. The number of carbonyl (C=O) groups is 1. The Morgan fingerprint density at radius 3 is 3.09 bits per heavy atom. The van der Waals surface area contributed by atoms with E-state index in [0.717, 1.165) is 42.0 Å². The predicted octanol–water partition coefficient (Wildman–Crippen LogP) is 3.16. The Morgan fingerprint density at radius 2 is 2.23 bits per heavy atom. The van der Waals surface area contributed by atoms with Gasteiger partial charge in [0.1, 0.15) is 0 Å². The highest BCUT2D eigenvalue weighted by Gasteiger charge is 2.30. The van der Waals surface area contributed by atoms with Gasteiger partial charge in [-0.1, -0.05) is 6.07 Å². The number of rotatable bonds is 2. The van der Waals surface area contributed by atoms with Crippen LogP contribution in [0.1, 0.15) is 40.7 Å². The van der Waals surface area contributed by atoms with E-state index >= 15 is 0 Å². The molecule has 0 spiro atoms. The highest BCUT2D eigenvalue weighted by atomic mass is 32.1. The fourth-order valence-corrected chi connectivity index (χ4v) is 3.72. The lowest BCUT2D eigenvalue weighted by molar-refractivity contribution is 0.0611. The largest absolute Gasteiger partial charge is 0.329 e. The normalized spacial score (nSPS) is 18.7. The van der Waals surface area contributed by atoms with Crippen molar-refractivity contribution in [2.75, 3.05) is 6.54 Å². The zero-order valence-electron chi connectivity index (χ0n) is 12.1. The zero-order valence-corrected chi connectivity index (χ0v) is 12.9. The molecule has 5 nitrogen and oxygen atoms in total. The lowest BCUT2D eigenvalue weighted by Crippen LogP contribution is -2.38. The van der Waals surface area contributed by atoms with E-state index in [9.17, 15) is 4.79 Å². The van der Waals surface area contributed by atoms with Crippen LogP contribution in [0.15, 0.2) is 42.0 Å². The van der Waals surface area contributed by atoms with Crippen LogP contribution >= 0.6 is 11.3 Å². The molecule has 0 bridgehead atoms. The number of thiophene rings is 1. The van der Waals surface area contributed by atoms with Crippen LogP contribution in [0.4, 0.5) is 0 Å². The average molecular weight is 312 g/mol. The molecule has 1 aliphatic rings. The second-order valence-electron chi connectivity index (χ2n) is 5.47. The summed E-state index contributed by atoms with van der Waals surface area (Å²) in [5.41, 5.74) is 1.78. The van der Waals surface area contributed by atoms with Gasteiger partial charge in [0.15, 0.2) is 5.65 Å². The Morgan fingerprint density at radius 1 is 1.27 bits per heavy atom. The second kappa shape index (κ2) is 5.53. The fourth-order valence-electron chi connectivity index (χ4n) is 3.04. The zero-order chi connectivity index (χ0) is 14.9. The van der Waals surface area contributed by atoms with Crippen molar-refractivity contribution in [1.82, 2.24) is 19.5 Å². The van der Waals surface area contributed by atoms with Gasteiger partial charge in [-0.05, 0) is 36.8 Å². The van der Waals surface area contributed by atoms with Crippen LogP contribution in [0.3, 0.4) is 0 Å². The number of hydrogen-bond donors (Lipinski definition) is 0. The minimum absolute atomic E-state index is 0.0586. The van der Waals surface area contributed by atoms with E-state index in [2.05, 4.69) is 10.1 Å². The van der Waals surface area contributed by atoms with Gasteiger partial charge in [0.25, 0.3) is 5.91 Å². The topological polar surface area (TPSA) is 50.5 Å². The highest BCUT2D eigenvalue weighted by molar-refractivity contribution is 7.12. The molecule has 0 N–H and O–H groups in total. The third-order valence-corrected chi connectivity index (χ3v) is 4.97. The number of hydrogen-bond acceptors (Lipinski definition) is 4. The summed E-state index contributed by atoms with van der Waals surface area (Å²) < 4.78 is 1.75. The van der Waals surface area contributed by atoms with Crippen molar-refractivity contribution < 1.29 is 4.79 Å². The van der Waals surface area contributed by atoms with Gasteiger partial charge in [-0.2, -0.15) is 5.10 Å². The third kappa shape index (κ3) is 2.29. The standard InChI is InChI=1S/C16H16N4OS/c21-16(14-5-3-11-22-14)19-9-2-1-4-13(19)12-7-10-20-15(18-12)6-8-17-20/h3,5-8,10-11,13H,1-2,4,9H2. The molecular weight excluding hydrogens is 296 g/mol. The van der Waals surface area contributed by atoms with Gasteiger partial charge in [-0.15, -0.1) is 11.3 Å². The van der Waals surface area contributed by atoms with Crippen LogP contribution in [-0.4, -0.2) is 31.9 Å². The van der Waals surface area contributed by atoms with Crippen LogP contribution in [0.25, 0.3) is 5.65 Å². The van der Waals surface area contributed by atoms with E-state index in [4.69, 9.17) is 0 Å². The lowest BCUT2D eigenvalue weighted by Gasteiger charge is -2.35. The first-order valence-corrected chi connectivity index (χ1v) is 8.36. The van der Waals surface area contributed by atoms with E-state index in [0.29, 0.717) is 0 Å². The Hall–Kier alpha value is -2.21. The molecule has 0 saturated carbocycles. The van der Waals surface area contributed by atoms with Gasteiger partial charge in [0.2, 0.25) is 0 Å². The average Bonchev–Trinajstić information content (AvgIpc) is 3.24. The number of aromatic nitrogens is 3. The summed E-state index contributed by atoms with van der Waals surface area (Å²) in [7, 11) is 0. The summed E-state index contributed by atoms with van der Waals surface area (Å²) in [6.07, 6.45) is 6.81. The van der Waals surface area contributed by atoms with Crippen LogP contribution in [0, 0.1) is 0 Å². The first-order valence-electron chi connectivity index (χ1n) is 7.48. The number of piperidine rings is 1. The summed E-state index contributed by atoms with van der Waals surface area (Å²) in [6.45, 7) is 0.799. The fraction of sp³-hybridized carbons (Fsp3) is 0.312. The van der Waals surface area contributed by atoms with Gasteiger partial charge < -0.3 is 4.90 Å². The summed E-state index contributed by atoms with van der Waals surface area (Å²) in [5, 5.41) is 6.12. The first kappa shape index (κ1) is 13.5. The molecule has 1 fully saturated rings. The summed E-state index contributed by atoms with van der Waals surface area (Å²) in [5.74, 6) is 0.120. The Bertz CT molecular complexity index is 795. The molecule has 3 aromatic rings. The minimum Gasteiger partial charge on any atom is -0.329 e. The van der Waals surface area contributed by atoms with E-state index < -0.39 is 0 Å². The first-order chi connectivity index (χ1) is 10.8. The molecule has 22 heavy (non-hydrogen) atoms. The smallest absolute Gasteiger partial charge is 0.264 e. The maximum atomic E-state index is 12.7. The van der Waals surface area contributed by atoms with E-state index in [-0.39, 0.29) is 11.9 Å². The van der Waals surface area contributed by atoms with Crippen LogP contribution in [0.2, 0.25) is 0 Å². The molecule has 0 aromatic carbocycles. The minimum atomic E-state index is 0.0586. The quantitative estimate of drug-likeness (QED) is 0.730. The Balaban J connectivity index is 1.69. The van der Waals surface area contributed by atoms with Crippen molar-refractivity contribution in [3.63, 3.8) is 0 Å². The molecule has 1 amide bonds. The van der Waals surface area contributed by atoms with E-state index in [1.165, 1.54) is 11.3 Å². The molecule has 0 radical (unpaired) electrons. The Kier molecular flexibility index (Phi) is 3.38. The van der Waals surface area contributed by atoms with Crippen molar-refractivity contribution in [2.45, 2.75) is 25.3 Å². The van der Waals surface area contributed by atoms with Crippen LogP contribution < -0.4 is 0 Å². The number of amides is 1. The second-order valence-corrected chi connectivity index (χ2v) is 6.42. The maximum absolute atomic E-state index is 12.7. The van der Waals surface area contributed by atoms with Crippen LogP contribution in [0.5, 0.6) is 0 Å². The van der Waals surface area contributed by atoms with E-state index in [1.807, 2.05) is 40.7 Å². The monoisotopic (exact) mass is 312 g/mol. The molecule has 4 rings (SSSR count). The number of nitrogens with zero attached hydrogens (tertiary/aromatic N) is 4. The van der Waals surface area contributed by atoms with Gasteiger partial charge in [0.05, 0.1) is 22.8 Å². The molecule has 1 aliphatic heterocycles. The van der Waals surface area contributed by atoms with Crippen molar-refractivity contribution in [3.05, 3.63) is 52.6 Å². The predicted molar refractivity (Wildman–Crippen MR) is 84.9 cm³/mol. The van der Waals surface area contributed by atoms with Crippen molar-refractivity contribution in [2.24, 2.45) is 0 Å². The third-order valence-electron chi connectivity index (χ3n) is 4.12. The molecule has 3 aromatic heterocycles. The molecule has 1 unspecified atom stereocenters. The Labute approximate surface area is 132 Å². The highest BCUT2D eigenvalue weighted by Crippen LogP contribution is 2.31. The molecular formula is C16H16N4OS. The van der Waals surface area contributed by atoms with E-state index in [1.54, 1.807) is 10.7 Å². The summed E-state index contributed by atoms with van der Waals surface area (Å²) in [6, 6.07) is 7.74. The molecule has 112 valence electrons. The number of fused-ring (bicyclic) bond motifs is 1. The molecule has 4 heterocycles. The lowest BCUT2D eigenvalue weighted by atomic mass is 9.99. The van der Waals surface area contributed by atoms with Gasteiger partial charge in [0, 0.05) is 18.8 Å². The van der Waals surface area contributed by atoms with Crippen molar-refractivity contribution in [1.29, 1.82) is 0 Å². The van der Waals surface area contributed by atoms with Crippen LogP contribution in [-0.2, 0) is 0 Å². The summed E-state index contributed by atoms with van der Waals surface area (Å²) >= 11 is 1.50. The molecule has 1 atom stereocenters. The summed E-state index contributed by atoms with van der Waals surface area (Å²) in [4.78, 5) is 20.2. The molecule has 6 heteroatoms. The van der Waals surface area contributed by atoms with Gasteiger partial charge in [-0.3, -0.25) is 4.79 Å². The molecule has 1 saturated heterocycles. The maximum Gasteiger partial charge on any atom is 0.264 e. The number of likely N-dealkylation sites (tertiary alicyclic amines) is 1. The van der Waals surface area contributed by atoms with Gasteiger partial charge in [-0.25, -0.2) is 9.50 Å². The SMILES string of the molecule is O=C(c1cccs1)N1CCCCC1c1ccn2nccc2n1.